The second-order valence-corrected chi connectivity index (χ2v) is 3.83. The van der Waals surface area contributed by atoms with E-state index in [0.29, 0.717) is 23.4 Å². The van der Waals surface area contributed by atoms with Gasteiger partial charge in [-0.2, -0.15) is 0 Å². The van der Waals surface area contributed by atoms with Gasteiger partial charge in [-0.05, 0) is 36.2 Å². The Bertz CT molecular complexity index is 459. The summed E-state index contributed by atoms with van der Waals surface area (Å²) in [6.07, 6.45) is 0.131. The van der Waals surface area contributed by atoms with Crippen LogP contribution in [0.15, 0.2) is 18.2 Å². The van der Waals surface area contributed by atoms with Crippen molar-refractivity contribution in [1.82, 2.24) is 0 Å². The average molecular weight is 240 g/mol. The van der Waals surface area contributed by atoms with Gasteiger partial charge in [-0.15, -0.1) is 0 Å². The molecule has 0 saturated heterocycles. The Morgan fingerprint density at radius 1 is 1.56 bits per heavy atom. The third-order valence-corrected chi connectivity index (χ3v) is 2.62. The number of halogens is 1. The van der Waals surface area contributed by atoms with E-state index in [2.05, 4.69) is 5.32 Å². The minimum absolute atomic E-state index is 0.200. The van der Waals surface area contributed by atoms with Crippen molar-refractivity contribution in [2.24, 2.45) is 0 Å². The highest BCUT2D eigenvalue weighted by Gasteiger charge is 2.26. The summed E-state index contributed by atoms with van der Waals surface area (Å²) >= 11 is 5.35. The first-order valence-corrected chi connectivity index (χ1v) is 5.31. The Morgan fingerprint density at radius 3 is 2.94 bits per heavy atom. The molecule has 1 atom stereocenters. The fourth-order valence-corrected chi connectivity index (χ4v) is 1.66. The molecule has 0 bridgehead atoms. The van der Waals surface area contributed by atoms with Crippen molar-refractivity contribution < 1.29 is 14.3 Å². The number of rotatable bonds is 2. The lowest BCUT2D eigenvalue weighted by Crippen LogP contribution is -2.36. The molecule has 2 rings (SSSR count). The molecule has 1 N–H and O–H groups in total. The minimum atomic E-state index is -0.560. The number of hydrogen-bond acceptors (Lipinski definition) is 3. The first-order chi connectivity index (χ1) is 7.61. The summed E-state index contributed by atoms with van der Waals surface area (Å²) in [4.78, 5) is 22.5. The Kier molecular flexibility index (Phi) is 2.83. The predicted molar refractivity (Wildman–Crippen MR) is 60.0 cm³/mol. The van der Waals surface area contributed by atoms with E-state index in [-0.39, 0.29) is 5.91 Å². The van der Waals surface area contributed by atoms with Gasteiger partial charge in [0.1, 0.15) is 5.75 Å². The maximum absolute atomic E-state index is 11.5. The summed E-state index contributed by atoms with van der Waals surface area (Å²) in [5.74, 6) is 0.363. The maximum atomic E-state index is 11.5. The SMILES string of the molecule is CCC1Oc2ccc(C(=O)Cl)cc2NC1=O. The molecule has 0 aromatic heterocycles. The first kappa shape index (κ1) is 11.0. The van der Waals surface area contributed by atoms with E-state index in [0.717, 1.165) is 0 Å². The average Bonchev–Trinajstić information content (AvgIpc) is 2.27. The Balaban J connectivity index is 2.36. The number of carbonyl (C=O) groups is 2. The van der Waals surface area contributed by atoms with Crippen LogP contribution in [0.3, 0.4) is 0 Å². The van der Waals surface area contributed by atoms with Gasteiger partial charge in [0.05, 0.1) is 5.69 Å². The van der Waals surface area contributed by atoms with Crippen LogP contribution in [0.1, 0.15) is 23.7 Å². The lowest BCUT2D eigenvalue weighted by Gasteiger charge is -2.25. The van der Waals surface area contributed by atoms with Gasteiger partial charge in [0.15, 0.2) is 6.10 Å². The predicted octanol–water partition coefficient (Wildman–Crippen LogP) is 2.18. The number of benzene rings is 1. The maximum Gasteiger partial charge on any atom is 0.265 e. The summed E-state index contributed by atoms with van der Waals surface area (Å²) in [6, 6.07) is 4.71. The molecule has 0 aliphatic carbocycles. The van der Waals surface area contributed by atoms with Gasteiger partial charge in [-0.3, -0.25) is 9.59 Å². The lowest BCUT2D eigenvalue weighted by molar-refractivity contribution is -0.123. The van der Waals surface area contributed by atoms with Gasteiger partial charge in [0.2, 0.25) is 0 Å². The number of amides is 1. The molecule has 84 valence electrons. The summed E-state index contributed by atoms with van der Waals surface area (Å²) in [5.41, 5.74) is 0.820. The fourth-order valence-electron chi connectivity index (χ4n) is 1.54. The van der Waals surface area contributed by atoms with Gasteiger partial charge in [-0.1, -0.05) is 6.92 Å². The van der Waals surface area contributed by atoms with E-state index < -0.39 is 11.3 Å². The van der Waals surface area contributed by atoms with E-state index in [1.165, 1.54) is 6.07 Å². The van der Waals surface area contributed by atoms with Crippen LogP contribution in [0.4, 0.5) is 5.69 Å². The van der Waals surface area contributed by atoms with Gasteiger partial charge >= 0.3 is 0 Å². The van der Waals surface area contributed by atoms with E-state index >= 15 is 0 Å². The van der Waals surface area contributed by atoms with E-state index in [4.69, 9.17) is 16.3 Å². The first-order valence-electron chi connectivity index (χ1n) is 4.93. The summed E-state index contributed by atoms with van der Waals surface area (Å²) in [6.45, 7) is 1.87. The molecule has 1 unspecified atom stereocenters. The second kappa shape index (κ2) is 4.14. The Labute approximate surface area is 97.5 Å². The quantitative estimate of drug-likeness (QED) is 0.805. The number of anilines is 1. The van der Waals surface area contributed by atoms with Crippen molar-refractivity contribution >= 4 is 28.4 Å². The zero-order valence-corrected chi connectivity index (χ0v) is 9.38. The standard InChI is InChI=1S/C11H10ClNO3/c1-2-8-11(15)13-7-5-6(10(12)14)3-4-9(7)16-8/h3-5,8H,2H2,1H3,(H,13,15). The minimum Gasteiger partial charge on any atom is -0.478 e. The zero-order chi connectivity index (χ0) is 11.7. The third-order valence-electron chi connectivity index (χ3n) is 2.40. The van der Waals surface area contributed by atoms with Crippen LogP contribution in [0.2, 0.25) is 0 Å². The van der Waals surface area contributed by atoms with Crippen molar-refractivity contribution in [2.45, 2.75) is 19.4 Å². The molecule has 1 amide bonds. The van der Waals surface area contributed by atoms with Crippen molar-refractivity contribution in [3.63, 3.8) is 0 Å². The molecule has 1 aromatic carbocycles. The number of nitrogens with one attached hydrogen (secondary N) is 1. The fraction of sp³-hybridized carbons (Fsp3) is 0.273. The number of ether oxygens (including phenoxy) is 1. The zero-order valence-electron chi connectivity index (χ0n) is 8.62. The molecule has 1 aliphatic heterocycles. The topological polar surface area (TPSA) is 55.4 Å². The van der Waals surface area contributed by atoms with Crippen LogP contribution < -0.4 is 10.1 Å². The van der Waals surface area contributed by atoms with Crippen LogP contribution in [0.5, 0.6) is 5.75 Å². The summed E-state index contributed by atoms with van der Waals surface area (Å²) in [7, 11) is 0. The molecule has 0 fully saturated rings. The molecule has 0 radical (unpaired) electrons. The highest BCUT2D eigenvalue weighted by Crippen LogP contribution is 2.31. The van der Waals surface area contributed by atoms with Crippen molar-refractivity contribution in [1.29, 1.82) is 0 Å². The van der Waals surface area contributed by atoms with Crippen molar-refractivity contribution in [2.75, 3.05) is 5.32 Å². The molecule has 0 spiro atoms. The molecule has 0 saturated carbocycles. The van der Waals surface area contributed by atoms with Gasteiger partial charge in [-0.25, -0.2) is 0 Å². The number of carbonyl (C=O) groups excluding carboxylic acids is 2. The molecular weight excluding hydrogens is 230 g/mol. The van der Waals surface area contributed by atoms with E-state index in [1.54, 1.807) is 12.1 Å². The molecule has 5 heteroatoms. The van der Waals surface area contributed by atoms with Crippen LogP contribution in [0, 0.1) is 0 Å². The third kappa shape index (κ3) is 1.88. The molecule has 1 heterocycles. The van der Waals surface area contributed by atoms with Gasteiger partial charge in [0, 0.05) is 5.56 Å². The van der Waals surface area contributed by atoms with Gasteiger partial charge in [0.25, 0.3) is 11.1 Å². The van der Waals surface area contributed by atoms with Crippen molar-refractivity contribution in [3.8, 4) is 5.75 Å². The highest BCUT2D eigenvalue weighted by atomic mass is 35.5. The van der Waals surface area contributed by atoms with Crippen LogP contribution in [-0.4, -0.2) is 17.3 Å². The van der Waals surface area contributed by atoms with Crippen molar-refractivity contribution in [3.05, 3.63) is 23.8 Å². The van der Waals surface area contributed by atoms with Crippen LogP contribution >= 0.6 is 11.6 Å². The summed E-state index contributed by atoms with van der Waals surface area (Å²) < 4.78 is 5.46. The molecule has 4 nitrogen and oxygen atoms in total. The van der Waals surface area contributed by atoms with Crippen LogP contribution in [-0.2, 0) is 4.79 Å². The van der Waals surface area contributed by atoms with E-state index in [1.807, 2.05) is 6.92 Å². The largest absolute Gasteiger partial charge is 0.478 e. The molecule has 1 aromatic rings. The number of fused-ring (bicyclic) bond motifs is 1. The van der Waals surface area contributed by atoms with Crippen LogP contribution in [0.25, 0.3) is 0 Å². The lowest BCUT2D eigenvalue weighted by atomic mass is 10.1. The molecule has 1 aliphatic rings. The number of hydrogen-bond donors (Lipinski definition) is 1. The van der Waals surface area contributed by atoms with E-state index in [9.17, 15) is 9.59 Å². The highest BCUT2D eigenvalue weighted by molar-refractivity contribution is 6.67. The molecule has 16 heavy (non-hydrogen) atoms. The normalized spacial score (nSPS) is 18.4. The Hall–Kier alpha value is -1.55. The summed E-state index contributed by atoms with van der Waals surface area (Å²) in [5, 5.41) is 2.12. The van der Waals surface area contributed by atoms with Gasteiger partial charge < -0.3 is 10.1 Å². The monoisotopic (exact) mass is 239 g/mol. The smallest absolute Gasteiger partial charge is 0.265 e. The second-order valence-electron chi connectivity index (χ2n) is 3.49. The molecular formula is C11H10ClNO3. The Morgan fingerprint density at radius 2 is 2.31 bits per heavy atom.